The number of carbonyl (C=O) groups is 1. The average molecular weight is 304 g/mol. The maximum atomic E-state index is 12.7. The van der Waals surface area contributed by atoms with Crippen molar-refractivity contribution in [3.05, 3.63) is 30.1 Å². The number of nitrogens with zero attached hydrogens (tertiary/aromatic N) is 2. The van der Waals surface area contributed by atoms with Crippen molar-refractivity contribution in [1.82, 2.24) is 9.88 Å². The molecular weight excluding hydrogens is 280 g/mol. The molecule has 0 radical (unpaired) electrons. The number of amides is 1. The Labute approximate surface area is 131 Å². The summed E-state index contributed by atoms with van der Waals surface area (Å²) in [5, 5.41) is 10.8. The molecular formula is C17H24N2O3. The van der Waals surface area contributed by atoms with E-state index in [-0.39, 0.29) is 5.91 Å². The van der Waals surface area contributed by atoms with Gasteiger partial charge >= 0.3 is 0 Å². The number of likely N-dealkylation sites (tertiary alicyclic amines) is 1. The fourth-order valence-corrected chi connectivity index (χ4v) is 3.41. The largest absolute Gasteiger partial charge is 0.383 e. The zero-order valence-electron chi connectivity index (χ0n) is 13.1. The van der Waals surface area contributed by atoms with Crippen molar-refractivity contribution in [3.8, 4) is 0 Å². The van der Waals surface area contributed by atoms with Crippen molar-refractivity contribution < 1.29 is 14.6 Å². The molecule has 1 amide bonds. The molecule has 1 aromatic heterocycles. The standard InChI is InChI=1S/C17H24N2O3/c1-16(7-3-5-13-22-16)15(20)19-11-8-17(21,9-12-19)14-6-2-4-10-18-14/h2,4,6,10,21H,3,5,7-9,11-13H2,1H3. The number of hydrogen-bond acceptors (Lipinski definition) is 4. The molecule has 5 heteroatoms. The summed E-state index contributed by atoms with van der Waals surface area (Å²) in [6, 6.07) is 5.57. The Morgan fingerprint density at radius 1 is 1.27 bits per heavy atom. The first-order chi connectivity index (χ1) is 10.5. The fraction of sp³-hybridized carbons (Fsp3) is 0.647. The molecule has 1 atom stereocenters. The van der Waals surface area contributed by atoms with Gasteiger partial charge in [-0.25, -0.2) is 0 Å². The van der Waals surface area contributed by atoms with E-state index in [0.717, 1.165) is 19.3 Å². The van der Waals surface area contributed by atoms with E-state index in [9.17, 15) is 9.90 Å². The molecule has 1 unspecified atom stereocenters. The highest BCUT2D eigenvalue weighted by Crippen LogP contribution is 2.34. The highest BCUT2D eigenvalue weighted by Gasteiger charge is 2.43. The van der Waals surface area contributed by atoms with Crippen LogP contribution in [0.1, 0.15) is 44.7 Å². The minimum atomic E-state index is -0.924. The number of carbonyl (C=O) groups excluding carboxylic acids is 1. The van der Waals surface area contributed by atoms with Crippen LogP contribution in [0, 0.1) is 0 Å². The Bertz CT molecular complexity index is 518. The second-order valence-corrected chi connectivity index (χ2v) is 6.58. The molecule has 5 nitrogen and oxygen atoms in total. The van der Waals surface area contributed by atoms with Crippen molar-refractivity contribution in [2.24, 2.45) is 0 Å². The van der Waals surface area contributed by atoms with Crippen molar-refractivity contribution in [3.63, 3.8) is 0 Å². The first-order valence-electron chi connectivity index (χ1n) is 8.11. The van der Waals surface area contributed by atoms with Crippen molar-refractivity contribution in [1.29, 1.82) is 0 Å². The van der Waals surface area contributed by atoms with E-state index in [1.54, 1.807) is 6.20 Å². The number of aliphatic hydroxyl groups is 1. The van der Waals surface area contributed by atoms with Gasteiger partial charge in [0.25, 0.3) is 5.91 Å². The van der Waals surface area contributed by atoms with E-state index in [1.807, 2.05) is 30.0 Å². The highest BCUT2D eigenvalue weighted by atomic mass is 16.5. The van der Waals surface area contributed by atoms with Crippen LogP contribution in [0.5, 0.6) is 0 Å². The summed E-state index contributed by atoms with van der Waals surface area (Å²) < 4.78 is 5.75. The Hall–Kier alpha value is -1.46. The molecule has 22 heavy (non-hydrogen) atoms. The molecule has 0 aromatic carbocycles. The summed E-state index contributed by atoms with van der Waals surface area (Å²) >= 11 is 0. The van der Waals surface area contributed by atoms with Crippen LogP contribution in [-0.4, -0.2) is 46.2 Å². The third-order valence-electron chi connectivity index (χ3n) is 4.94. The molecule has 1 aromatic rings. The summed E-state index contributed by atoms with van der Waals surface area (Å²) in [4.78, 5) is 18.8. The van der Waals surface area contributed by atoms with Gasteiger partial charge in [-0.2, -0.15) is 0 Å². The number of rotatable bonds is 2. The van der Waals surface area contributed by atoms with Gasteiger partial charge < -0.3 is 14.7 Å². The second kappa shape index (κ2) is 5.97. The average Bonchev–Trinajstić information content (AvgIpc) is 2.56. The van der Waals surface area contributed by atoms with E-state index in [2.05, 4.69) is 4.98 Å². The van der Waals surface area contributed by atoms with Gasteiger partial charge in [0.1, 0.15) is 11.2 Å². The van der Waals surface area contributed by atoms with E-state index in [4.69, 9.17) is 4.74 Å². The van der Waals surface area contributed by atoms with Crippen molar-refractivity contribution in [2.75, 3.05) is 19.7 Å². The zero-order chi connectivity index (χ0) is 15.6. The topological polar surface area (TPSA) is 62.7 Å². The molecule has 1 N–H and O–H groups in total. The van der Waals surface area contributed by atoms with Gasteiger partial charge in [-0.1, -0.05) is 6.07 Å². The predicted molar refractivity (Wildman–Crippen MR) is 82.2 cm³/mol. The van der Waals surface area contributed by atoms with Crippen LogP contribution >= 0.6 is 0 Å². The normalized spacial score (nSPS) is 28.4. The Balaban J connectivity index is 1.65. The first-order valence-corrected chi connectivity index (χ1v) is 8.11. The SMILES string of the molecule is CC1(C(=O)N2CCC(O)(c3ccccn3)CC2)CCCCO1. The number of hydrogen-bond donors (Lipinski definition) is 1. The molecule has 120 valence electrons. The molecule has 0 spiro atoms. The van der Waals surface area contributed by atoms with Gasteiger partial charge in [0.05, 0.1) is 5.69 Å². The molecule has 2 aliphatic heterocycles. The van der Waals surface area contributed by atoms with Crippen LogP contribution in [0.2, 0.25) is 0 Å². The number of aromatic nitrogens is 1. The third-order valence-corrected chi connectivity index (χ3v) is 4.94. The maximum Gasteiger partial charge on any atom is 0.254 e. The van der Waals surface area contributed by atoms with E-state index in [1.165, 1.54) is 0 Å². The monoisotopic (exact) mass is 304 g/mol. The summed E-state index contributed by atoms with van der Waals surface area (Å²) in [5.41, 5.74) is -0.910. The lowest BCUT2D eigenvalue weighted by molar-refractivity contribution is -0.166. The van der Waals surface area contributed by atoms with E-state index in [0.29, 0.717) is 38.2 Å². The zero-order valence-corrected chi connectivity index (χ0v) is 13.1. The van der Waals surface area contributed by atoms with Crippen molar-refractivity contribution >= 4 is 5.91 Å². The van der Waals surface area contributed by atoms with E-state index >= 15 is 0 Å². The van der Waals surface area contributed by atoms with Gasteiger partial charge in [0.2, 0.25) is 0 Å². The van der Waals surface area contributed by atoms with Gasteiger partial charge in [-0.15, -0.1) is 0 Å². The number of ether oxygens (including phenoxy) is 1. The lowest BCUT2D eigenvalue weighted by Gasteiger charge is -2.42. The smallest absolute Gasteiger partial charge is 0.254 e. The minimum Gasteiger partial charge on any atom is -0.383 e. The minimum absolute atomic E-state index is 0.0651. The van der Waals surface area contributed by atoms with Gasteiger partial charge in [0.15, 0.2) is 0 Å². The predicted octanol–water partition coefficient (Wildman–Crippen LogP) is 1.85. The molecule has 3 heterocycles. The van der Waals surface area contributed by atoms with Crippen LogP contribution in [0.3, 0.4) is 0 Å². The third kappa shape index (κ3) is 2.88. The summed E-state index contributed by atoms with van der Waals surface area (Å²) in [5.74, 6) is 0.0651. The molecule has 2 fully saturated rings. The fourth-order valence-electron chi connectivity index (χ4n) is 3.41. The van der Waals surface area contributed by atoms with E-state index < -0.39 is 11.2 Å². The van der Waals surface area contributed by atoms with Crippen LogP contribution in [0.25, 0.3) is 0 Å². The first kappa shape index (κ1) is 15.4. The number of piperidine rings is 1. The molecule has 0 saturated carbocycles. The molecule has 0 aliphatic carbocycles. The molecule has 2 saturated heterocycles. The van der Waals surface area contributed by atoms with Crippen LogP contribution in [0.15, 0.2) is 24.4 Å². The van der Waals surface area contributed by atoms with Crippen LogP contribution < -0.4 is 0 Å². The summed E-state index contributed by atoms with van der Waals surface area (Å²) in [6.45, 7) is 3.65. The van der Waals surface area contributed by atoms with Gasteiger partial charge in [0, 0.05) is 25.9 Å². The molecule has 0 bridgehead atoms. The Kier molecular flexibility index (Phi) is 4.19. The lowest BCUT2D eigenvalue weighted by atomic mass is 9.86. The molecule has 2 aliphatic rings. The summed E-state index contributed by atoms with van der Waals surface area (Å²) in [7, 11) is 0. The van der Waals surface area contributed by atoms with Gasteiger partial charge in [-0.05, 0) is 51.2 Å². The lowest BCUT2D eigenvalue weighted by Crippen LogP contribution is -2.54. The Morgan fingerprint density at radius 3 is 2.64 bits per heavy atom. The van der Waals surface area contributed by atoms with Crippen LogP contribution in [-0.2, 0) is 15.1 Å². The highest BCUT2D eigenvalue weighted by molar-refractivity contribution is 5.85. The number of pyridine rings is 1. The molecule has 3 rings (SSSR count). The second-order valence-electron chi connectivity index (χ2n) is 6.58. The summed E-state index contributed by atoms with van der Waals surface area (Å²) in [6.07, 6.45) is 5.59. The van der Waals surface area contributed by atoms with Crippen molar-refractivity contribution in [2.45, 2.75) is 50.2 Å². The van der Waals surface area contributed by atoms with Gasteiger partial charge in [-0.3, -0.25) is 9.78 Å². The Morgan fingerprint density at radius 2 is 2.05 bits per heavy atom. The quantitative estimate of drug-likeness (QED) is 0.906. The van der Waals surface area contributed by atoms with Crippen LogP contribution in [0.4, 0.5) is 0 Å². The maximum absolute atomic E-state index is 12.7.